The van der Waals surface area contributed by atoms with Crippen LogP contribution in [0.3, 0.4) is 0 Å². The quantitative estimate of drug-likeness (QED) is 0.237. The molecule has 0 saturated carbocycles. The molecule has 0 aliphatic carbocycles. The van der Waals surface area contributed by atoms with E-state index in [2.05, 4.69) is 5.32 Å². The number of anilines is 1. The fourth-order valence-electron chi connectivity index (χ4n) is 5.13. The van der Waals surface area contributed by atoms with Gasteiger partial charge >= 0.3 is 0 Å². The average molecular weight is 594 g/mol. The molecule has 1 saturated heterocycles. The Hall–Kier alpha value is -4.62. The second-order valence-electron chi connectivity index (χ2n) is 9.75. The minimum Gasteiger partial charge on any atom is -0.496 e. The molecule has 226 valence electrons. The van der Waals surface area contributed by atoms with Gasteiger partial charge in [0.15, 0.2) is 23.0 Å². The number of methoxy groups -OCH3 is 4. The first kappa shape index (κ1) is 29.9. The Balaban J connectivity index is 1.60. The summed E-state index contributed by atoms with van der Waals surface area (Å²) < 4.78 is 33.9. The summed E-state index contributed by atoms with van der Waals surface area (Å²) in [5.41, 5.74) is 0.618. The Morgan fingerprint density at radius 3 is 2.14 bits per heavy atom. The lowest BCUT2D eigenvalue weighted by atomic mass is 9.89. The molecule has 1 aliphatic rings. The molecule has 0 spiro atoms. The van der Waals surface area contributed by atoms with Gasteiger partial charge in [-0.2, -0.15) is 0 Å². The Bertz CT molecular complexity index is 1690. The van der Waals surface area contributed by atoms with E-state index in [1.807, 2.05) is 0 Å². The number of carbonyl (C=O) groups excluding carboxylic acids is 1. The molecule has 12 nitrogen and oxygen atoms in total. The number of nitrogens with one attached hydrogen (secondary N) is 1. The number of carbonyl (C=O) groups is 1. The van der Waals surface area contributed by atoms with Crippen molar-refractivity contribution in [2.24, 2.45) is 0 Å². The lowest BCUT2D eigenvalue weighted by molar-refractivity contribution is -0.221. The SMILES string of the molecule is COc1ccc(-c2cc(=O)c3c(OC)c(C4OC(C(=O)Nc5ccccc5)C(O)C(O)C4O)c(OC)cc3o2)cc1OC. The smallest absolute Gasteiger partial charge is 0.256 e. The van der Waals surface area contributed by atoms with Crippen LogP contribution in [0.15, 0.2) is 69.9 Å². The monoisotopic (exact) mass is 593 g/mol. The summed E-state index contributed by atoms with van der Waals surface area (Å²) in [7, 11) is 5.65. The number of fused-ring (bicyclic) bond motifs is 1. The first-order chi connectivity index (χ1) is 20.7. The highest BCUT2D eigenvalue weighted by atomic mass is 16.5. The van der Waals surface area contributed by atoms with Crippen molar-refractivity contribution in [2.45, 2.75) is 30.5 Å². The Labute approximate surface area is 245 Å². The van der Waals surface area contributed by atoms with Crippen molar-refractivity contribution in [3.05, 3.63) is 76.5 Å². The lowest BCUT2D eigenvalue weighted by Gasteiger charge is -2.40. The first-order valence-electron chi connectivity index (χ1n) is 13.2. The zero-order chi connectivity index (χ0) is 30.8. The molecule has 0 radical (unpaired) electrons. The van der Waals surface area contributed by atoms with Gasteiger partial charge in [0, 0.05) is 23.4 Å². The minimum atomic E-state index is -1.79. The highest BCUT2D eigenvalue weighted by molar-refractivity contribution is 5.95. The molecule has 0 bridgehead atoms. The van der Waals surface area contributed by atoms with Crippen LogP contribution < -0.4 is 29.7 Å². The largest absolute Gasteiger partial charge is 0.496 e. The molecule has 5 unspecified atom stereocenters. The van der Waals surface area contributed by atoms with Crippen molar-refractivity contribution in [1.29, 1.82) is 0 Å². The number of aliphatic hydroxyl groups excluding tert-OH is 3. The van der Waals surface area contributed by atoms with Gasteiger partial charge in [-0.05, 0) is 30.3 Å². The van der Waals surface area contributed by atoms with Crippen LogP contribution in [-0.4, -0.2) is 74.1 Å². The molecule has 1 amide bonds. The lowest BCUT2D eigenvalue weighted by Crippen LogP contribution is -2.57. The van der Waals surface area contributed by atoms with Crippen LogP contribution in [0.2, 0.25) is 0 Å². The predicted octanol–water partition coefficient (Wildman–Crippen LogP) is 2.66. The van der Waals surface area contributed by atoms with Crippen LogP contribution in [-0.2, 0) is 9.53 Å². The van der Waals surface area contributed by atoms with Crippen molar-refractivity contribution < 1.29 is 48.2 Å². The molecule has 4 aromatic rings. The van der Waals surface area contributed by atoms with E-state index in [0.717, 1.165) is 0 Å². The van der Waals surface area contributed by atoms with Crippen LogP contribution in [0.25, 0.3) is 22.3 Å². The molecule has 4 N–H and O–H groups in total. The van der Waals surface area contributed by atoms with Crippen LogP contribution >= 0.6 is 0 Å². The zero-order valence-electron chi connectivity index (χ0n) is 23.8. The molecule has 12 heteroatoms. The van der Waals surface area contributed by atoms with Crippen molar-refractivity contribution in [1.82, 2.24) is 0 Å². The van der Waals surface area contributed by atoms with Crippen LogP contribution in [0.4, 0.5) is 5.69 Å². The molecule has 1 fully saturated rings. The van der Waals surface area contributed by atoms with Crippen molar-refractivity contribution >= 4 is 22.6 Å². The van der Waals surface area contributed by atoms with Gasteiger partial charge in [-0.1, -0.05) is 18.2 Å². The molecule has 2 heterocycles. The van der Waals surface area contributed by atoms with Crippen LogP contribution in [0.5, 0.6) is 23.0 Å². The van der Waals surface area contributed by atoms with Gasteiger partial charge in [0.25, 0.3) is 5.91 Å². The molecular formula is C31H31NO11. The van der Waals surface area contributed by atoms with E-state index >= 15 is 0 Å². The summed E-state index contributed by atoms with van der Waals surface area (Å²) in [4.78, 5) is 26.7. The fourth-order valence-corrected chi connectivity index (χ4v) is 5.13. The van der Waals surface area contributed by atoms with E-state index in [-0.39, 0.29) is 33.8 Å². The van der Waals surface area contributed by atoms with E-state index in [1.54, 1.807) is 48.5 Å². The standard InChI is InChI=1S/C31H31NO11/c1-38-18-11-10-15(12-20(18)39-2)19-13-17(33)23-22(42-19)14-21(40-3)24(28(23)41-4)29-26(35)25(34)27(36)30(43-29)31(37)32-16-8-6-5-7-9-16/h5-14,25-27,29-30,34-36H,1-4H3,(H,32,37). The molecule has 5 atom stereocenters. The number of ether oxygens (including phenoxy) is 5. The highest BCUT2D eigenvalue weighted by Gasteiger charge is 2.49. The topological polar surface area (TPSA) is 166 Å². The fraction of sp³-hybridized carbons (Fsp3) is 0.290. The van der Waals surface area contributed by atoms with E-state index in [4.69, 9.17) is 28.1 Å². The Kier molecular flexibility index (Phi) is 8.55. The second-order valence-corrected chi connectivity index (χ2v) is 9.75. The van der Waals surface area contributed by atoms with Crippen molar-refractivity contribution in [3.8, 4) is 34.3 Å². The molecule has 3 aromatic carbocycles. The molecule has 1 aliphatic heterocycles. The third kappa shape index (κ3) is 5.48. The van der Waals surface area contributed by atoms with Gasteiger partial charge < -0.3 is 48.7 Å². The number of hydrogen-bond acceptors (Lipinski definition) is 11. The number of aliphatic hydroxyl groups is 3. The van der Waals surface area contributed by atoms with Crippen molar-refractivity contribution in [3.63, 3.8) is 0 Å². The summed E-state index contributed by atoms with van der Waals surface area (Å²) in [5.74, 6) is 0.413. The number of amides is 1. The van der Waals surface area contributed by atoms with Gasteiger partial charge in [-0.3, -0.25) is 9.59 Å². The summed E-state index contributed by atoms with van der Waals surface area (Å²) in [5, 5.41) is 35.1. The van der Waals surface area contributed by atoms with E-state index < -0.39 is 41.9 Å². The predicted molar refractivity (Wildman–Crippen MR) is 155 cm³/mol. The van der Waals surface area contributed by atoms with Gasteiger partial charge in [0.1, 0.15) is 52.6 Å². The molecule has 43 heavy (non-hydrogen) atoms. The third-order valence-electron chi connectivity index (χ3n) is 7.26. The van der Waals surface area contributed by atoms with E-state index in [9.17, 15) is 24.9 Å². The van der Waals surface area contributed by atoms with Gasteiger partial charge in [-0.25, -0.2) is 0 Å². The van der Waals surface area contributed by atoms with Gasteiger partial charge in [-0.15, -0.1) is 0 Å². The van der Waals surface area contributed by atoms with E-state index in [0.29, 0.717) is 22.7 Å². The zero-order valence-corrected chi connectivity index (χ0v) is 23.8. The van der Waals surface area contributed by atoms with Gasteiger partial charge in [0.05, 0.1) is 34.0 Å². The number of para-hydroxylation sites is 1. The van der Waals surface area contributed by atoms with Crippen LogP contribution in [0, 0.1) is 0 Å². The number of benzene rings is 3. The summed E-state index contributed by atoms with van der Waals surface area (Å²) in [6.45, 7) is 0. The summed E-state index contributed by atoms with van der Waals surface area (Å²) in [6.07, 6.45) is -8.34. The highest BCUT2D eigenvalue weighted by Crippen LogP contribution is 2.46. The number of rotatable bonds is 8. The normalized spacial score (nSPS) is 21.7. The van der Waals surface area contributed by atoms with E-state index in [1.165, 1.54) is 40.6 Å². The summed E-state index contributed by atoms with van der Waals surface area (Å²) >= 11 is 0. The molecule has 1 aromatic heterocycles. The minimum absolute atomic E-state index is 0.00391. The maximum absolute atomic E-state index is 13.5. The van der Waals surface area contributed by atoms with Crippen molar-refractivity contribution in [2.75, 3.05) is 33.8 Å². The molecule has 5 rings (SSSR count). The average Bonchev–Trinajstić information content (AvgIpc) is 3.02. The van der Waals surface area contributed by atoms with Gasteiger partial charge in [0.2, 0.25) is 0 Å². The third-order valence-corrected chi connectivity index (χ3v) is 7.26. The van der Waals surface area contributed by atoms with Crippen LogP contribution in [0.1, 0.15) is 11.7 Å². The number of hydrogen-bond donors (Lipinski definition) is 4. The summed E-state index contributed by atoms with van der Waals surface area (Å²) in [6, 6.07) is 16.2. The maximum Gasteiger partial charge on any atom is 0.256 e. The second kappa shape index (κ2) is 12.3. The maximum atomic E-state index is 13.5. The molecular weight excluding hydrogens is 562 g/mol. The Morgan fingerprint density at radius 2 is 1.49 bits per heavy atom. The first-order valence-corrected chi connectivity index (χ1v) is 13.2. The Morgan fingerprint density at radius 1 is 0.791 bits per heavy atom.